The lowest BCUT2D eigenvalue weighted by atomic mass is 9.93. The molecule has 6 heteroatoms. The van der Waals surface area contributed by atoms with Crippen LogP contribution >= 0.6 is 15.9 Å². The van der Waals surface area contributed by atoms with Crippen molar-refractivity contribution in [1.82, 2.24) is 15.5 Å². The molecule has 0 saturated carbocycles. The van der Waals surface area contributed by atoms with Crippen molar-refractivity contribution < 1.29 is 9.26 Å². The lowest BCUT2D eigenvalue weighted by Crippen LogP contribution is -2.33. The fraction of sp³-hybridized carbons (Fsp3) is 0.467. The minimum absolute atomic E-state index is 0.154. The van der Waals surface area contributed by atoms with E-state index in [9.17, 15) is 0 Å². The van der Waals surface area contributed by atoms with Crippen LogP contribution in [-0.2, 0) is 0 Å². The Balaban J connectivity index is 1.86. The summed E-state index contributed by atoms with van der Waals surface area (Å²) in [6, 6.07) is 5.90. The van der Waals surface area contributed by atoms with Crippen LogP contribution in [0.4, 0.5) is 0 Å². The number of hydrogen-bond donors (Lipinski definition) is 1. The Kier molecular flexibility index (Phi) is 4.26. The van der Waals surface area contributed by atoms with Gasteiger partial charge in [0.1, 0.15) is 5.75 Å². The van der Waals surface area contributed by atoms with Gasteiger partial charge in [0.25, 0.3) is 0 Å². The maximum Gasteiger partial charge on any atom is 0.244 e. The van der Waals surface area contributed by atoms with Gasteiger partial charge in [-0.3, -0.25) is 0 Å². The zero-order valence-electron chi connectivity index (χ0n) is 12.1. The molecule has 1 fully saturated rings. The van der Waals surface area contributed by atoms with Crippen molar-refractivity contribution in [2.24, 2.45) is 5.92 Å². The van der Waals surface area contributed by atoms with Crippen LogP contribution in [0.3, 0.4) is 0 Å². The van der Waals surface area contributed by atoms with Gasteiger partial charge in [0.2, 0.25) is 11.7 Å². The number of piperidine rings is 1. The Labute approximate surface area is 132 Å². The van der Waals surface area contributed by atoms with Crippen molar-refractivity contribution in [1.29, 1.82) is 0 Å². The van der Waals surface area contributed by atoms with Crippen LogP contribution < -0.4 is 10.1 Å². The predicted molar refractivity (Wildman–Crippen MR) is 83.1 cm³/mol. The standard InChI is InChI=1S/C15H18BrN3O2/c1-9-4-3-7-17-13(9)15-18-14(19-21-15)10-5-6-12(20-2)11(16)8-10/h5-6,8-9,13,17H,3-4,7H2,1-2H3. The van der Waals surface area contributed by atoms with Gasteiger partial charge in [-0.25, -0.2) is 0 Å². The smallest absolute Gasteiger partial charge is 0.244 e. The SMILES string of the molecule is COc1ccc(-c2noc(C3NCCCC3C)n2)cc1Br. The Hall–Kier alpha value is -1.40. The fourth-order valence-corrected chi connectivity index (χ4v) is 3.21. The minimum Gasteiger partial charge on any atom is -0.496 e. The summed E-state index contributed by atoms with van der Waals surface area (Å²) in [5.41, 5.74) is 0.904. The molecule has 1 aromatic heterocycles. The summed E-state index contributed by atoms with van der Waals surface area (Å²) in [4.78, 5) is 4.55. The molecule has 1 saturated heterocycles. The number of rotatable bonds is 3. The van der Waals surface area contributed by atoms with Crippen LogP contribution in [0.5, 0.6) is 5.75 Å². The number of nitrogens with zero attached hydrogens (tertiary/aromatic N) is 2. The molecule has 2 aromatic rings. The van der Waals surface area contributed by atoms with E-state index in [-0.39, 0.29) is 6.04 Å². The molecule has 1 aromatic carbocycles. The van der Waals surface area contributed by atoms with Crippen LogP contribution in [0, 0.1) is 5.92 Å². The first-order valence-electron chi connectivity index (χ1n) is 7.10. The van der Waals surface area contributed by atoms with Crippen molar-refractivity contribution in [2.45, 2.75) is 25.8 Å². The van der Waals surface area contributed by atoms with E-state index < -0.39 is 0 Å². The second-order valence-electron chi connectivity index (χ2n) is 5.36. The molecule has 0 radical (unpaired) electrons. The number of benzene rings is 1. The Bertz CT molecular complexity index is 629. The molecule has 2 atom stereocenters. The van der Waals surface area contributed by atoms with Crippen molar-refractivity contribution in [3.63, 3.8) is 0 Å². The highest BCUT2D eigenvalue weighted by Crippen LogP contribution is 2.32. The second-order valence-corrected chi connectivity index (χ2v) is 6.21. The molecular weight excluding hydrogens is 334 g/mol. The molecule has 2 unspecified atom stereocenters. The highest BCUT2D eigenvalue weighted by molar-refractivity contribution is 9.10. The summed E-state index contributed by atoms with van der Waals surface area (Å²) in [6.07, 6.45) is 2.38. The highest BCUT2D eigenvalue weighted by Gasteiger charge is 2.27. The maximum atomic E-state index is 5.46. The number of nitrogens with one attached hydrogen (secondary N) is 1. The number of halogens is 1. The van der Waals surface area contributed by atoms with Gasteiger partial charge in [-0.2, -0.15) is 4.98 Å². The molecule has 0 spiro atoms. The van der Waals surface area contributed by atoms with Gasteiger partial charge in [0, 0.05) is 5.56 Å². The van der Waals surface area contributed by atoms with E-state index in [4.69, 9.17) is 9.26 Å². The molecule has 0 amide bonds. The van der Waals surface area contributed by atoms with Crippen molar-refractivity contribution in [3.8, 4) is 17.1 Å². The molecule has 1 aliphatic heterocycles. The molecule has 2 heterocycles. The van der Waals surface area contributed by atoms with Gasteiger partial charge in [-0.1, -0.05) is 12.1 Å². The Morgan fingerprint density at radius 1 is 1.43 bits per heavy atom. The Morgan fingerprint density at radius 3 is 3.00 bits per heavy atom. The van der Waals surface area contributed by atoms with Crippen LogP contribution in [0.2, 0.25) is 0 Å². The van der Waals surface area contributed by atoms with Crippen LogP contribution in [0.15, 0.2) is 27.2 Å². The number of hydrogen-bond acceptors (Lipinski definition) is 5. The van der Waals surface area contributed by atoms with E-state index in [2.05, 4.69) is 38.3 Å². The summed E-state index contributed by atoms with van der Waals surface area (Å²) in [6.45, 7) is 3.21. The molecule has 5 nitrogen and oxygen atoms in total. The van der Waals surface area contributed by atoms with Crippen molar-refractivity contribution in [2.75, 3.05) is 13.7 Å². The van der Waals surface area contributed by atoms with Crippen LogP contribution in [0.1, 0.15) is 31.7 Å². The first-order valence-corrected chi connectivity index (χ1v) is 7.89. The van der Waals surface area contributed by atoms with E-state index in [1.807, 2.05) is 18.2 Å². The lowest BCUT2D eigenvalue weighted by Gasteiger charge is -2.26. The normalized spacial score (nSPS) is 22.2. The summed E-state index contributed by atoms with van der Waals surface area (Å²) < 4.78 is 11.6. The van der Waals surface area contributed by atoms with E-state index in [0.29, 0.717) is 17.6 Å². The zero-order valence-corrected chi connectivity index (χ0v) is 13.7. The zero-order chi connectivity index (χ0) is 14.8. The van der Waals surface area contributed by atoms with Gasteiger partial charge in [0.15, 0.2) is 0 Å². The lowest BCUT2D eigenvalue weighted by molar-refractivity contribution is 0.239. The third kappa shape index (κ3) is 2.96. The molecule has 112 valence electrons. The molecule has 3 rings (SSSR count). The summed E-state index contributed by atoms with van der Waals surface area (Å²) in [5, 5.41) is 7.56. The molecule has 21 heavy (non-hydrogen) atoms. The first kappa shape index (κ1) is 14.5. The number of methoxy groups -OCH3 is 1. The van der Waals surface area contributed by atoms with E-state index in [1.54, 1.807) is 7.11 Å². The summed E-state index contributed by atoms with van der Waals surface area (Å²) >= 11 is 3.47. The van der Waals surface area contributed by atoms with Crippen molar-refractivity contribution in [3.05, 3.63) is 28.6 Å². The topological polar surface area (TPSA) is 60.2 Å². The Morgan fingerprint density at radius 2 is 2.29 bits per heavy atom. The van der Waals surface area contributed by atoms with Gasteiger partial charge in [-0.05, 0) is 59.4 Å². The molecule has 0 aliphatic carbocycles. The average molecular weight is 352 g/mol. The van der Waals surface area contributed by atoms with Crippen molar-refractivity contribution >= 4 is 15.9 Å². The van der Waals surface area contributed by atoms with Crippen LogP contribution in [0.25, 0.3) is 11.4 Å². The maximum absolute atomic E-state index is 5.46. The van der Waals surface area contributed by atoms with Gasteiger partial charge < -0.3 is 14.6 Å². The summed E-state index contributed by atoms with van der Waals surface area (Å²) in [5.74, 6) is 2.57. The van der Waals surface area contributed by atoms with E-state index >= 15 is 0 Å². The number of ether oxygens (including phenoxy) is 1. The van der Waals surface area contributed by atoms with E-state index in [0.717, 1.165) is 22.3 Å². The second kappa shape index (κ2) is 6.15. The molecule has 0 bridgehead atoms. The predicted octanol–water partition coefficient (Wildman–Crippen LogP) is 3.57. The highest BCUT2D eigenvalue weighted by atomic mass is 79.9. The molecular formula is C15H18BrN3O2. The molecule has 1 N–H and O–H groups in total. The monoisotopic (exact) mass is 351 g/mol. The van der Waals surface area contributed by atoms with E-state index in [1.165, 1.54) is 12.8 Å². The third-order valence-corrected chi connectivity index (χ3v) is 4.51. The number of aromatic nitrogens is 2. The fourth-order valence-electron chi connectivity index (χ4n) is 2.66. The van der Waals surface area contributed by atoms with Gasteiger partial charge in [-0.15, -0.1) is 0 Å². The molecule has 1 aliphatic rings. The third-order valence-electron chi connectivity index (χ3n) is 3.89. The quantitative estimate of drug-likeness (QED) is 0.915. The van der Waals surface area contributed by atoms with Crippen LogP contribution in [-0.4, -0.2) is 23.8 Å². The largest absolute Gasteiger partial charge is 0.496 e. The minimum atomic E-state index is 0.154. The van der Waals surface area contributed by atoms with Gasteiger partial charge >= 0.3 is 0 Å². The average Bonchev–Trinajstić information content (AvgIpc) is 2.97. The first-order chi connectivity index (χ1) is 10.2. The van der Waals surface area contributed by atoms with Gasteiger partial charge in [0.05, 0.1) is 17.6 Å². The summed E-state index contributed by atoms with van der Waals surface area (Å²) in [7, 11) is 1.64.